The molecule has 0 fully saturated rings. The normalized spacial score (nSPS) is 12.8. The van der Waals surface area contributed by atoms with Gasteiger partial charge in [0, 0.05) is 9.90 Å². The number of benzene rings is 1. The van der Waals surface area contributed by atoms with Gasteiger partial charge in [0.2, 0.25) is 11.1 Å². The van der Waals surface area contributed by atoms with Gasteiger partial charge in [-0.3, -0.25) is 4.79 Å². The summed E-state index contributed by atoms with van der Waals surface area (Å²) in [6.45, 7) is 2.00. The lowest BCUT2D eigenvalue weighted by atomic mass is 10.1. The van der Waals surface area contributed by atoms with Crippen molar-refractivity contribution in [1.82, 2.24) is 20.2 Å². The highest BCUT2D eigenvalue weighted by molar-refractivity contribution is 8.00. The van der Waals surface area contributed by atoms with Gasteiger partial charge >= 0.3 is 6.18 Å². The Kier molecular flexibility index (Phi) is 6.26. The largest absolute Gasteiger partial charge is 0.418 e. The Bertz CT molecular complexity index is 962. The van der Waals surface area contributed by atoms with Crippen LogP contribution >= 0.6 is 34.7 Å². The summed E-state index contributed by atoms with van der Waals surface area (Å²) in [7, 11) is 0. The van der Waals surface area contributed by atoms with Crippen LogP contribution in [-0.4, -0.2) is 31.4 Å². The molecule has 1 unspecified atom stereocenters. The van der Waals surface area contributed by atoms with Crippen molar-refractivity contribution in [2.24, 2.45) is 0 Å². The average Bonchev–Trinajstić information content (AvgIpc) is 3.28. The van der Waals surface area contributed by atoms with Crippen LogP contribution in [0, 0.1) is 0 Å². The predicted octanol–water partition coefficient (Wildman–Crippen LogP) is 4.57. The molecule has 12 heteroatoms. The Balaban J connectivity index is 1.71. The number of amides is 1. The molecule has 148 valence electrons. The van der Waals surface area contributed by atoms with Crippen molar-refractivity contribution in [3.63, 3.8) is 0 Å². The van der Waals surface area contributed by atoms with Gasteiger partial charge in [0.1, 0.15) is 0 Å². The summed E-state index contributed by atoms with van der Waals surface area (Å²) in [4.78, 5) is 13.5. The molecule has 3 rings (SSSR count). The van der Waals surface area contributed by atoms with Crippen LogP contribution in [0.1, 0.15) is 17.4 Å². The number of nitrogens with zero attached hydrogens (tertiary/aromatic N) is 4. The number of carbonyl (C=O) groups is 1. The van der Waals surface area contributed by atoms with Crippen molar-refractivity contribution >= 4 is 46.3 Å². The Morgan fingerprint density at radius 1 is 1.39 bits per heavy atom. The van der Waals surface area contributed by atoms with Gasteiger partial charge in [0.15, 0.2) is 0 Å². The van der Waals surface area contributed by atoms with Crippen molar-refractivity contribution in [2.75, 3.05) is 5.32 Å². The molecule has 6 nitrogen and oxygen atoms in total. The minimum absolute atomic E-state index is 0.0690. The molecule has 0 aliphatic rings. The number of aromatic nitrogens is 4. The van der Waals surface area contributed by atoms with Crippen LogP contribution in [0.3, 0.4) is 0 Å². The van der Waals surface area contributed by atoms with E-state index in [-0.39, 0.29) is 10.7 Å². The topological polar surface area (TPSA) is 72.7 Å². The van der Waals surface area contributed by atoms with Crippen molar-refractivity contribution in [1.29, 1.82) is 0 Å². The first-order valence-corrected chi connectivity index (χ1v) is 10.0. The smallest absolute Gasteiger partial charge is 0.325 e. The lowest BCUT2D eigenvalue weighted by Crippen LogP contribution is -2.24. The maximum atomic E-state index is 13.2. The predicted molar refractivity (Wildman–Crippen MR) is 102 cm³/mol. The second-order valence-corrected chi connectivity index (χ2v) is 8.41. The first-order valence-electron chi connectivity index (χ1n) is 7.87. The Morgan fingerprint density at radius 3 is 2.86 bits per heavy atom. The lowest BCUT2D eigenvalue weighted by molar-refractivity contribution is -0.137. The van der Waals surface area contributed by atoms with Crippen LogP contribution in [0.4, 0.5) is 18.9 Å². The van der Waals surface area contributed by atoms with Gasteiger partial charge in [0.25, 0.3) is 0 Å². The lowest BCUT2D eigenvalue weighted by Gasteiger charge is -2.16. The van der Waals surface area contributed by atoms with Gasteiger partial charge in [-0.1, -0.05) is 29.4 Å². The van der Waals surface area contributed by atoms with Gasteiger partial charge in [-0.2, -0.15) is 13.2 Å². The van der Waals surface area contributed by atoms with Gasteiger partial charge in [-0.15, -0.1) is 16.4 Å². The molecule has 1 amide bonds. The molecule has 3 aromatic rings. The zero-order valence-electron chi connectivity index (χ0n) is 14.3. The van der Waals surface area contributed by atoms with Crippen molar-refractivity contribution in [2.45, 2.75) is 30.1 Å². The monoisotopic (exact) mass is 447 g/mol. The van der Waals surface area contributed by atoms with E-state index in [2.05, 4.69) is 20.8 Å². The molecular weight excluding hydrogens is 435 g/mol. The van der Waals surface area contributed by atoms with Crippen LogP contribution in [0.15, 0.2) is 40.9 Å². The van der Waals surface area contributed by atoms with Gasteiger partial charge in [-0.05, 0) is 47.0 Å². The quantitative estimate of drug-likeness (QED) is 0.560. The van der Waals surface area contributed by atoms with Gasteiger partial charge < -0.3 is 5.32 Å². The highest BCUT2D eigenvalue weighted by atomic mass is 35.5. The molecule has 2 heterocycles. The molecule has 1 aromatic carbocycles. The number of thioether (sulfide) groups is 1. The van der Waals surface area contributed by atoms with E-state index >= 15 is 0 Å². The Hall–Kier alpha value is -2.11. The van der Waals surface area contributed by atoms with Gasteiger partial charge in [-0.25, -0.2) is 4.68 Å². The number of hydrogen-bond donors (Lipinski definition) is 1. The summed E-state index contributed by atoms with van der Waals surface area (Å²) in [6, 6.07) is 7.01. The number of anilines is 1. The van der Waals surface area contributed by atoms with E-state index in [0.717, 1.165) is 28.8 Å². The molecule has 0 saturated carbocycles. The summed E-state index contributed by atoms with van der Waals surface area (Å²) in [6.07, 6.45) is -4.64. The van der Waals surface area contributed by atoms with E-state index in [0.29, 0.717) is 11.7 Å². The first-order chi connectivity index (χ1) is 13.2. The molecule has 0 radical (unpaired) electrons. The molecule has 0 saturated heterocycles. The van der Waals surface area contributed by atoms with Crippen LogP contribution in [0.5, 0.6) is 0 Å². The average molecular weight is 448 g/mol. The number of rotatable bonds is 6. The molecule has 1 atom stereocenters. The number of halogens is 4. The van der Waals surface area contributed by atoms with Crippen LogP contribution < -0.4 is 5.32 Å². The third kappa shape index (κ3) is 5.03. The third-order valence-electron chi connectivity index (χ3n) is 3.58. The zero-order valence-corrected chi connectivity index (χ0v) is 16.7. The molecule has 28 heavy (non-hydrogen) atoms. The molecule has 0 aliphatic heterocycles. The molecule has 0 bridgehead atoms. The molecular formula is C16H13ClF3N5OS2. The van der Waals surface area contributed by atoms with E-state index in [4.69, 9.17) is 11.6 Å². The SMILES string of the molecule is CC(Sc1nnnn1Cc1cccs1)C(=O)Nc1ccc(Cl)cc1C(F)(F)F. The number of alkyl halides is 3. The van der Waals surface area contributed by atoms with Crippen molar-refractivity contribution in [3.05, 3.63) is 51.2 Å². The van der Waals surface area contributed by atoms with Crippen molar-refractivity contribution in [3.8, 4) is 0 Å². The van der Waals surface area contributed by atoms with E-state index in [1.807, 2.05) is 17.5 Å². The van der Waals surface area contributed by atoms with Crippen LogP contribution in [-0.2, 0) is 17.5 Å². The van der Waals surface area contributed by atoms with E-state index in [1.165, 1.54) is 22.1 Å². The number of hydrogen-bond acceptors (Lipinski definition) is 6. The summed E-state index contributed by atoms with van der Waals surface area (Å²) < 4.78 is 41.1. The summed E-state index contributed by atoms with van der Waals surface area (Å²) in [5.74, 6) is -0.608. The maximum absolute atomic E-state index is 13.2. The van der Waals surface area contributed by atoms with Crippen LogP contribution in [0.2, 0.25) is 5.02 Å². The fraction of sp³-hybridized carbons (Fsp3) is 0.250. The van der Waals surface area contributed by atoms with Crippen molar-refractivity contribution < 1.29 is 18.0 Å². The highest BCUT2D eigenvalue weighted by Gasteiger charge is 2.34. The number of tetrazole rings is 1. The summed E-state index contributed by atoms with van der Waals surface area (Å²) in [5, 5.41) is 15.2. The fourth-order valence-corrected chi connectivity index (χ4v) is 3.88. The van der Waals surface area contributed by atoms with E-state index in [9.17, 15) is 18.0 Å². The number of carbonyl (C=O) groups excluding carboxylic acids is 1. The van der Waals surface area contributed by atoms with E-state index < -0.39 is 22.9 Å². The summed E-state index contributed by atoms with van der Waals surface area (Å²) in [5.41, 5.74) is -1.36. The minimum atomic E-state index is -4.64. The Labute approximate surface area is 171 Å². The van der Waals surface area contributed by atoms with E-state index in [1.54, 1.807) is 6.92 Å². The second-order valence-electron chi connectivity index (χ2n) is 5.64. The fourth-order valence-electron chi connectivity index (χ4n) is 2.24. The zero-order chi connectivity index (χ0) is 20.3. The first kappa shape index (κ1) is 20.6. The summed E-state index contributed by atoms with van der Waals surface area (Å²) >= 11 is 8.25. The second kappa shape index (κ2) is 8.50. The maximum Gasteiger partial charge on any atom is 0.418 e. The third-order valence-corrected chi connectivity index (χ3v) is 5.75. The van der Waals surface area contributed by atoms with Gasteiger partial charge in [0.05, 0.1) is 23.0 Å². The molecule has 1 N–H and O–H groups in total. The molecule has 0 spiro atoms. The van der Waals surface area contributed by atoms with Crippen LogP contribution in [0.25, 0.3) is 0 Å². The number of thiophene rings is 1. The molecule has 2 aromatic heterocycles. The molecule has 0 aliphatic carbocycles. The number of nitrogens with one attached hydrogen (secondary N) is 1. The standard InChI is InChI=1S/C16H13ClF3N5OS2/c1-9(28-15-22-23-24-25(15)8-11-3-2-6-27-11)14(26)21-13-5-4-10(17)7-12(13)16(18,19)20/h2-7,9H,8H2,1H3,(H,21,26). The minimum Gasteiger partial charge on any atom is -0.325 e. The Morgan fingerprint density at radius 2 is 2.18 bits per heavy atom. The highest BCUT2D eigenvalue weighted by Crippen LogP contribution is 2.37.